The third-order valence-electron chi connectivity index (χ3n) is 5.47. The average molecular weight is 421 g/mol. The molecule has 8 nitrogen and oxygen atoms in total. The van der Waals surface area contributed by atoms with Gasteiger partial charge in [-0.3, -0.25) is 14.4 Å². The summed E-state index contributed by atoms with van der Waals surface area (Å²) >= 11 is 0. The van der Waals surface area contributed by atoms with Crippen LogP contribution in [-0.4, -0.2) is 54.3 Å². The Kier molecular flexibility index (Phi) is 5.70. The number of hydrogen-bond acceptors (Lipinski definition) is 5. The summed E-state index contributed by atoms with van der Waals surface area (Å²) in [7, 11) is 0. The first-order chi connectivity index (χ1) is 15.0. The van der Waals surface area contributed by atoms with Crippen LogP contribution in [0.5, 0.6) is 0 Å². The molecule has 0 aromatic heterocycles. The molecule has 2 aromatic carbocycles. The van der Waals surface area contributed by atoms with E-state index in [2.05, 4.69) is 5.32 Å². The van der Waals surface area contributed by atoms with Crippen LogP contribution in [0.2, 0.25) is 0 Å². The van der Waals surface area contributed by atoms with Crippen molar-refractivity contribution in [2.45, 2.75) is 25.8 Å². The van der Waals surface area contributed by atoms with E-state index in [0.29, 0.717) is 35.5 Å². The van der Waals surface area contributed by atoms with Crippen molar-refractivity contribution in [3.63, 3.8) is 0 Å². The highest BCUT2D eigenvalue weighted by Gasteiger charge is 2.42. The minimum Gasteiger partial charge on any atom is -0.462 e. The molecule has 0 bridgehead atoms. The number of nitrogens with zero attached hydrogens (tertiary/aromatic N) is 2. The van der Waals surface area contributed by atoms with E-state index in [0.717, 1.165) is 6.42 Å². The molecule has 0 unspecified atom stereocenters. The van der Waals surface area contributed by atoms with Crippen LogP contribution >= 0.6 is 0 Å². The van der Waals surface area contributed by atoms with E-state index < -0.39 is 17.9 Å². The van der Waals surface area contributed by atoms with Gasteiger partial charge < -0.3 is 19.9 Å². The second-order valence-electron chi connectivity index (χ2n) is 7.44. The first-order valence-corrected chi connectivity index (χ1v) is 10.3. The number of anilines is 2. The van der Waals surface area contributed by atoms with E-state index in [9.17, 15) is 19.2 Å². The lowest BCUT2D eigenvalue weighted by Gasteiger charge is -2.25. The van der Waals surface area contributed by atoms with Crippen molar-refractivity contribution in [2.24, 2.45) is 0 Å². The molecule has 2 heterocycles. The van der Waals surface area contributed by atoms with Gasteiger partial charge in [0.05, 0.1) is 23.4 Å². The van der Waals surface area contributed by atoms with E-state index in [1.165, 1.54) is 4.90 Å². The molecule has 160 valence electrons. The molecule has 8 heteroatoms. The second kappa shape index (κ2) is 8.59. The van der Waals surface area contributed by atoms with Crippen LogP contribution in [0.15, 0.2) is 48.5 Å². The van der Waals surface area contributed by atoms with Gasteiger partial charge in [0.25, 0.3) is 5.91 Å². The lowest BCUT2D eigenvalue weighted by atomic mass is 10.1. The number of ether oxygens (including phenoxy) is 1. The van der Waals surface area contributed by atoms with Gasteiger partial charge in [-0.15, -0.1) is 0 Å². The molecule has 0 radical (unpaired) electrons. The van der Waals surface area contributed by atoms with Crippen molar-refractivity contribution in [2.75, 3.05) is 29.9 Å². The fraction of sp³-hybridized carbons (Fsp3) is 0.304. The van der Waals surface area contributed by atoms with Gasteiger partial charge in [0.15, 0.2) is 0 Å². The normalized spacial score (nSPS) is 17.6. The molecule has 2 aromatic rings. The SMILES string of the molecule is CCOC(=O)c1ccc(NC(=O)CN2C(=O)[C@H]3CCCN3C(=O)c3ccccc32)cc1. The van der Waals surface area contributed by atoms with Crippen molar-refractivity contribution in [1.82, 2.24) is 4.90 Å². The summed E-state index contributed by atoms with van der Waals surface area (Å²) < 4.78 is 4.95. The standard InChI is InChI=1S/C23H23N3O5/c1-2-31-23(30)15-9-11-16(12-10-15)24-20(27)14-26-18-7-4-3-6-17(18)21(28)25-13-5-8-19(25)22(26)29/h3-4,6-7,9-12,19H,2,5,8,13-14H2,1H3,(H,24,27)/t19-/m1/s1. The highest BCUT2D eigenvalue weighted by Crippen LogP contribution is 2.32. The third-order valence-corrected chi connectivity index (χ3v) is 5.47. The van der Waals surface area contributed by atoms with Gasteiger partial charge in [-0.25, -0.2) is 4.79 Å². The molecular weight excluding hydrogens is 398 g/mol. The largest absolute Gasteiger partial charge is 0.462 e. The Morgan fingerprint density at radius 3 is 2.58 bits per heavy atom. The number of para-hydroxylation sites is 1. The van der Waals surface area contributed by atoms with E-state index >= 15 is 0 Å². The van der Waals surface area contributed by atoms with Crippen LogP contribution < -0.4 is 10.2 Å². The fourth-order valence-corrected chi connectivity index (χ4v) is 4.02. The Labute approximate surface area is 179 Å². The maximum Gasteiger partial charge on any atom is 0.338 e. The summed E-state index contributed by atoms with van der Waals surface area (Å²) in [4.78, 5) is 53.6. The van der Waals surface area contributed by atoms with E-state index in [1.807, 2.05) is 0 Å². The molecule has 3 amide bonds. The number of esters is 1. The molecule has 1 N–H and O–H groups in total. The Morgan fingerprint density at radius 1 is 1.10 bits per heavy atom. The van der Waals surface area contributed by atoms with Gasteiger partial charge >= 0.3 is 5.97 Å². The Bertz CT molecular complexity index is 1030. The quantitative estimate of drug-likeness (QED) is 0.748. The highest BCUT2D eigenvalue weighted by atomic mass is 16.5. The number of carbonyl (C=O) groups excluding carboxylic acids is 4. The zero-order valence-corrected chi connectivity index (χ0v) is 17.2. The van der Waals surface area contributed by atoms with Crippen molar-refractivity contribution in [3.8, 4) is 0 Å². The van der Waals surface area contributed by atoms with Gasteiger partial charge in [-0.05, 0) is 56.2 Å². The molecule has 31 heavy (non-hydrogen) atoms. The molecule has 1 atom stereocenters. The molecule has 4 rings (SSSR count). The van der Waals surface area contributed by atoms with Gasteiger partial charge in [0.1, 0.15) is 12.6 Å². The summed E-state index contributed by atoms with van der Waals surface area (Å²) in [5, 5.41) is 2.75. The van der Waals surface area contributed by atoms with Crippen LogP contribution in [0.1, 0.15) is 40.5 Å². The summed E-state index contributed by atoms with van der Waals surface area (Å²) in [5.74, 6) is -1.25. The van der Waals surface area contributed by atoms with Crippen LogP contribution in [0.25, 0.3) is 0 Å². The van der Waals surface area contributed by atoms with Gasteiger partial charge in [0, 0.05) is 12.2 Å². The monoisotopic (exact) mass is 421 g/mol. The lowest BCUT2D eigenvalue weighted by Crippen LogP contribution is -2.47. The van der Waals surface area contributed by atoms with E-state index in [1.54, 1.807) is 60.4 Å². The molecule has 1 fully saturated rings. The highest BCUT2D eigenvalue weighted by molar-refractivity contribution is 6.13. The van der Waals surface area contributed by atoms with Crippen molar-refractivity contribution < 1.29 is 23.9 Å². The first-order valence-electron chi connectivity index (χ1n) is 10.3. The minimum absolute atomic E-state index is 0.177. The van der Waals surface area contributed by atoms with Crippen molar-refractivity contribution in [3.05, 3.63) is 59.7 Å². The van der Waals surface area contributed by atoms with Gasteiger partial charge in [0.2, 0.25) is 11.8 Å². The lowest BCUT2D eigenvalue weighted by molar-refractivity contribution is -0.124. The van der Waals surface area contributed by atoms with E-state index in [4.69, 9.17) is 4.74 Å². The van der Waals surface area contributed by atoms with E-state index in [-0.39, 0.29) is 25.0 Å². The topological polar surface area (TPSA) is 96.0 Å². The molecule has 2 aliphatic rings. The number of carbonyl (C=O) groups is 4. The molecule has 1 saturated heterocycles. The molecular formula is C23H23N3O5. The third kappa shape index (κ3) is 4.01. The Balaban J connectivity index is 1.53. The summed E-state index contributed by atoms with van der Waals surface area (Å²) in [6, 6.07) is 12.7. The van der Waals surface area contributed by atoms with Crippen molar-refractivity contribution >= 4 is 35.1 Å². The zero-order chi connectivity index (χ0) is 22.0. The predicted molar refractivity (Wildman–Crippen MR) is 114 cm³/mol. The predicted octanol–water partition coefficient (Wildman–Crippen LogP) is 2.45. The van der Waals surface area contributed by atoms with Crippen LogP contribution in [-0.2, 0) is 14.3 Å². The second-order valence-corrected chi connectivity index (χ2v) is 7.44. The number of benzene rings is 2. The maximum atomic E-state index is 13.2. The molecule has 0 spiro atoms. The molecule has 0 aliphatic carbocycles. The molecule has 2 aliphatic heterocycles. The molecule has 0 saturated carbocycles. The number of nitrogens with one attached hydrogen (secondary N) is 1. The van der Waals surface area contributed by atoms with Gasteiger partial charge in [-0.1, -0.05) is 12.1 Å². The average Bonchev–Trinajstić information content (AvgIpc) is 3.24. The zero-order valence-electron chi connectivity index (χ0n) is 17.2. The van der Waals surface area contributed by atoms with Crippen molar-refractivity contribution in [1.29, 1.82) is 0 Å². The number of amides is 3. The number of fused-ring (bicyclic) bond motifs is 2. The maximum absolute atomic E-state index is 13.2. The van der Waals surface area contributed by atoms with Crippen LogP contribution in [0.4, 0.5) is 11.4 Å². The Hall–Kier alpha value is -3.68. The smallest absolute Gasteiger partial charge is 0.338 e. The summed E-state index contributed by atoms with van der Waals surface area (Å²) in [6.45, 7) is 2.33. The fourth-order valence-electron chi connectivity index (χ4n) is 4.02. The summed E-state index contributed by atoms with van der Waals surface area (Å²) in [6.07, 6.45) is 1.35. The number of hydrogen-bond donors (Lipinski definition) is 1. The van der Waals surface area contributed by atoms with Crippen LogP contribution in [0.3, 0.4) is 0 Å². The van der Waals surface area contributed by atoms with Gasteiger partial charge in [-0.2, -0.15) is 0 Å². The minimum atomic E-state index is -0.545. The first kappa shape index (κ1) is 20.6. The Morgan fingerprint density at radius 2 is 1.84 bits per heavy atom. The number of rotatable bonds is 5. The summed E-state index contributed by atoms with van der Waals surface area (Å²) in [5.41, 5.74) is 1.75. The van der Waals surface area contributed by atoms with Crippen LogP contribution in [0, 0.1) is 0 Å².